The zero-order valence-corrected chi connectivity index (χ0v) is 17.5. The number of ether oxygens (including phenoxy) is 3. The molecule has 0 amide bonds. The van der Waals surface area contributed by atoms with E-state index in [0.29, 0.717) is 18.6 Å². The number of carbonyl (C=O) groups excluding carboxylic acids is 1. The van der Waals surface area contributed by atoms with E-state index in [-0.39, 0.29) is 36.0 Å². The summed E-state index contributed by atoms with van der Waals surface area (Å²) in [5.74, 6) is -0.756. The highest BCUT2D eigenvalue weighted by Gasteiger charge is 2.13. The number of amidine groups is 1. The van der Waals surface area contributed by atoms with Crippen molar-refractivity contribution in [1.29, 1.82) is 5.41 Å². The van der Waals surface area contributed by atoms with Gasteiger partial charge in [-0.1, -0.05) is 30.3 Å². The van der Waals surface area contributed by atoms with Crippen molar-refractivity contribution in [3.05, 3.63) is 71.8 Å². The molecule has 0 saturated heterocycles. The van der Waals surface area contributed by atoms with Gasteiger partial charge in [-0.05, 0) is 17.7 Å². The summed E-state index contributed by atoms with van der Waals surface area (Å²) in [4.78, 5) is 19.8. The predicted molar refractivity (Wildman–Crippen MR) is 116 cm³/mol. The van der Waals surface area contributed by atoms with Crippen molar-refractivity contribution >= 4 is 11.8 Å². The van der Waals surface area contributed by atoms with Crippen LogP contribution in [0.4, 0.5) is 4.39 Å². The summed E-state index contributed by atoms with van der Waals surface area (Å²) in [6.45, 7) is 0.125. The van der Waals surface area contributed by atoms with Gasteiger partial charge in [0.25, 0.3) is 0 Å². The molecule has 0 aliphatic carbocycles. The molecule has 0 spiro atoms. The Hall–Kier alpha value is -4.01. The van der Waals surface area contributed by atoms with Crippen LogP contribution in [0.3, 0.4) is 0 Å². The fourth-order valence-corrected chi connectivity index (χ4v) is 2.86. The lowest BCUT2D eigenvalue weighted by Crippen LogP contribution is -2.17. The molecule has 0 aliphatic rings. The zero-order chi connectivity index (χ0) is 22.9. The van der Waals surface area contributed by atoms with E-state index in [1.807, 2.05) is 24.3 Å². The van der Waals surface area contributed by atoms with Gasteiger partial charge < -0.3 is 19.9 Å². The Kier molecular flexibility index (Phi) is 7.69. The Morgan fingerprint density at radius 3 is 2.50 bits per heavy atom. The van der Waals surface area contributed by atoms with E-state index < -0.39 is 11.8 Å². The third-order valence-electron chi connectivity index (χ3n) is 4.52. The molecule has 2 aromatic carbocycles. The van der Waals surface area contributed by atoms with Crippen LogP contribution in [0.15, 0.2) is 54.9 Å². The number of rotatable bonds is 10. The molecule has 0 saturated carbocycles. The topological polar surface area (TPSA) is 120 Å². The minimum atomic E-state index is -0.693. The third kappa shape index (κ3) is 6.24. The number of halogens is 1. The molecule has 0 aliphatic heterocycles. The number of esters is 1. The monoisotopic (exact) mass is 438 g/mol. The fourth-order valence-electron chi connectivity index (χ4n) is 2.86. The largest absolute Gasteiger partial charge is 0.497 e. The molecule has 3 N–H and O–H groups in total. The Morgan fingerprint density at radius 1 is 1.12 bits per heavy atom. The molecule has 8 nitrogen and oxygen atoms in total. The first-order valence-corrected chi connectivity index (χ1v) is 9.80. The molecule has 1 heterocycles. The number of benzene rings is 2. The highest BCUT2D eigenvalue weighted by molar-refractivity contribution is 5.94. The first kappa shape index (κ1) is 22.7. The third-order valence-corrected chi connectivity index (χ3v) is 4.52. The Bertz CT molecular complexity index is 1070. The lowest BCUT2D eigenvalue weighted by Gasteiger charge is -2.10. The maximum absolute atomic E-state index is 14.9. The summed E-state index contributed by atoms with van der Waals surface area (Å²) < 4.78 is 30.5. The predicted octanol–water partition coefficient (Wildman–Crippen LogP) is 3.28. The number of methoxy groups -OCH3 is 1. The van der Waals surface area contributed by atoms with Crippen LogP contribution in [-0.2, 0) is 22.6 Å². The Balaban J connectivity index is 1.58. The van der Waals surface area contributed by atoms with E-state index in [1.165, 1.54) is 18.5 Å². The molecular weight excluding hydrogens is 415 g/mol. The van der Waals surface area contributed by atoms with Crippen LogP contribution in [0.25, 0.3) is 11.1 Å². The van der Waals surface area contributed by atoms with Gasteiger partial charge in [0.15, 0.2) is 0 Å². The lowest BCUT2D eigenvalue weighted by atomic mass is 10.1. The second-order valence-electron chi connectivity index (χ2n) is 6.84. The molecule has 32 heavy (non-hydrogen) atoms. The van der Waals surface area contributed by atoms with Crippen molar-refractivity contribution in [2.75, 3.05) is 13.7 Å². The van der Waals surface area contributed by atoms with Crippen molar-refractivity contribution in [2.45, 2.75) is 19.4 Å². The van der Waals surface area contributed by atoms with Crippen LogP contribution in [0, 0.1) is 11.2 Å². The first-order chi connectivity index (χ1) is 15.5. The van der Waals surface area contributed by atoms with Crippen LogP contribution >= 0.6 is 0 Å². The molecule has 0 bridgehead atoms. The SMILES string of the molecule is COc1ccc(CCOc2ncc(-c3cccc(COC(=O)CC(=N)N)c3F)cn2)cc1. The second-order valence-corrected chi connectivity index (χ2v) is 6.84. The molecule has 166 valence electrons. The quantitative estimate of drug-likeness (QED) is 0.283. The number of nitrogens with zero attached hydrogens (tertiary/aromatic N) is 2. The summed E-state index contributed by atoms with van der Waals surface area (Å²) >= 11 is 0. The molecule has 1 aromatic heterocycles. The normalized spacial score (nSPS) is 10.4. The number of nitrogens with two attached hydrogens (primary N) is 1. The van der Waals surface area contributed by atoms with Gasteiger partial charge in [0.2, 0.25) is 0 Å². The van der Waals surface area contributed by atoms with Gasteiger partial charge in [-0.15, -0.1) is 0 Å². The Morgan fingerprint density at radius 2 is 1.84 bits per heavy atom. The lowest BCUT2D eigenvalue weighted by molar-refractivity contribution is -0.143. The van der Waals surface area contributed by atoms with Crippen molar-refractivity contribution in [3.63, 3.8) is 0 Å². The average molecular weight is 438 g/mol. The molecule has 3 rings (SSSR count). The van der Waals surface area contributed by atoms with Crippen LogP contribution in [-0.4, -0.2) is 35.5 Å². The van der Waals surface area contributed by atoms with Gasteiger partial charge in [0.1, 0.15) is 30.4 Å². The van der Waals surface area contributed by atoms with E-state index in [1.54, 1.807) is 19.2 Å². The van der Waals surface area contributed by atoms with Gasteiger partial charge in [-0.3, -0.25) is 10.2 Å². The van der Waals surface area contributed by atoms with Gasteiger partial charge in [0, 0.05) is 35.5 Å². The van der Waals surface area contributed by atoms with Gasteiger partial charge in [-0.25, -0.2) is 14.4 Å². The number of hydrogen-bond donors (Lipinski definition) is 2. The molecular formula is C23H23FN4O4. The van der Waals surface area contributed by atoms with Crippen LogP contribution in [0.5, 0.6) is 11.8 Å². The maximum Gasteiger partial charge on any atom is 0.316 e. The molecule has 0 atom stereocenters. The highest BCUT2D eigenvalue weighted by atomic mass is 19.1. The van der Waals surface area contributed by atoms with E-state index in [9.17, 15) is 9.18 Å². The second kappa shape index (κ2) is 10.9. The molecule has 0 fully saturated rings. The minimum absolute atomic E-state index is 0.192. The highest BCUT2D eigenvalue weighted by Crippen LogP contribution is 2.25. The van der Waals surface area contributed by atoms with Crippen LogP contribution < -0.4 is 15.2 Å². The van der Waals surface area contributed by atoms with E-state index in [2.05, 4.69) is 9.97 Å². The van der Waals surface area contributed by atoms with E-state index in [4.69, 9.17) is 25.4 Å². The molecule has 9 heteroatoms. The summed E-state index contributed by atoms with van der Waals surface area (Å²) in [5, 5.41) is 7.09. The van der Waals surface area contributed by atoms with E-state index in [0.717, 1.165) is 11.3 Å². The standard InChI is InChI=1S/C23H23FN4O4/c1-30-18-7-5-15(6-8-18)9-10-31-23-27-12-17(13-28-23)19-4-2-3-16(22(19)24)14-32-21(29)11-20(25)26/h2-8,12-13H,9-11,14H2,1H3,(H3,25,26). The fraction of sp³-hybridized carbons (Fsp3) is 0.217. The van der Waals surface area contributed by atoms with Gasteiger partial charge in [0.05, 0.1) is 13.7 Å². The number of nitrogens with one attached hydrogen (secondary N) is 1. The number of aromatic nitrogens is 2. The average Bonchev–Trinajstić information content (AvgIpc) is 2.79. The summed E-state index contributed by atoms with van der Waals surface area (Å²) in [6, 6.07) is 12.6. The van der Waals surface area contributed by atoms with Crippen LogP contribution in [0.1, 0.15) is 17.5 Å². The zero-order valence-electron chi connectivity index (χ0n) is 17.5. The summed E-state index contributed by atoms with van der Waals surface area (Å²) in [5.41, 5.74) is 7.17. The number of carbonyl (C=O) groups is 1. The van der Waals surface area contributed by atoms with E-state index >= 15 is 0 Å². The smallest absolute Gasteiger partial charge is 0.316 e. The first-order valence-electron chi connectivity index (χ1n) is 9.80. The van der Waals surface area contributed by atoms with Crippen molar-refractivity contribution in [2.24, 2.45) is 5.73 Å². The van der Waals surface area contributed by atoms with Crippen molar-refractivity contribution in [1.82, 2.24) is 9.97 Å². The minimum Gasteiger partial charge on any atom is -0.497 e. The Labute approximate surface area is 184 Å². The van der Waals surface area contributed by atoms with Crippen molar-refractivity contribution in [3.8, 4) is 22.9 Å². The summed E-state index contributed by atoms with van der Waals surface area (Å²) in [6.07, 6.45) is 3.28. The molecule has 3 aromatic rings. The van der Waals surface area contributed by atoms with Crippen LogP contribution in [0.2, 0.25) is 0 Å². The number of hydrogen-bond acceptors (Lipinski definition) is 7. The van der Waals surface area contributed by atoms with Gasteiger partial charge >= 0.3 is 12.0 Å². The summed E-state index contributed by atoms with van der Waals surface area (Å²) in [7, 11) is 1.62. The molecule has 0 unspecified atom stereocenters. The van der Waals surface area contributed by atoms with Gasteiger partial charge in [-0.2, -0.15) is 0 Å². The maximum atomic E-state index is 14.9. The molecule has 0 radical (unpaired) electrons. The van der Waals surface area contributed by atoms with Crippen molar-refractivity contribution < 1.29 is 23.4 Å².